The van der Waals surface area contributed by atoms with E-state index in [1.807, 2.05) is 6.92 Å². The summed E-state index contributed by atoms with van der Waals surface area (Å²) < 4.78 is 10.3. The van der Waals surface area contributed by atoms with Crippen molar-refractivity contribution in [1.29, 1.82) is 0 Å². The summed E-state index contributed by atoms with van der Waals surface area (Å²) in [7, 11) is 1.27. The molecule has 154 valence electrons. The van der Waals surface area contributed by atoms with Crippen molar-refractivity contribution in [2.45, 2.75) is 71.3 Å². The van der Waals surface area contributed by atoms with Gasteiger partial charge in [-0.2, -0.15) is 0 Å². The summed E-state index contributed by atoms with van der Waals surface area (Å²) in [6, 6.07) is 0. The molecule has 0 aromatic heterocycles. The molecule has 2 aliphatic rings. The first kappa shape index (κ1) is 22.1. The average Bonchev–Trinajstić information content (AvgIpc) is 2.97. The van der Waals surface area contributed by atoms with Crippen LogP contribution in [0.2, 0.25) is 0 Å². The topological polar surface area (TPSA) is 86.7 Å². The fraction of sp³-hybridized carbons (Fsp3) is 0.636. The van der Waals surface area contributed by atoms with Gasteiger partial charge in [-0.1, -0.05) is 17.7 Å². The van der Waals surface area contributed by atoms with E-state index in [2.05, 4.69) is 6.08 Å². The van der Waals surface area contributed by atoms with Gasteiger partial charge < -0.3 is 9.47 Å². The summed E-state index contributed by atoms with van der Waals surface area (Å²) >= 11 is 0. The lowest BCUT2D eigenvalue weighted by molar-refractivity contribution is -0.155. The molecule has 6 heteroatoms. The number of hydrogen-bond donors (Lipinski definition) is 0. The second-order valence-corrected chi connectivity index (χ2v) is 7.76. The summed E-state index contributed by atoms with van der Waals surface area (Å²) in [6.07, 6.45) is 8.99. The molecule has 0 bridgehead atoms. The maximum atomic E-state index is 12.7. The Hall–Kier alpha value is -2.24. The van der Waals surface area contributed by atoms with Gasteiger partial charge in [0, 0.05) is 19.8 Å². The van der Waals surface area contributed by atoms with Crippen molar-refractivity contribution in [1.82, 2.24) is 0 Å². The molecule has 0 spiro atoms. The zero-order valence-corrected chi connectivity index (χ0v) is 17.0. The number of hydrogen-bond acceptors (Lipinski definition) is 6. The van der Waals surface area contributed by atoms with E-state index in [1.165, 1.54) is 31.8 Å². The molecule has 28 heavy (non-hydrogen) atoms. The Morgan fingerprint density at radius 1 is 1.07 bits per heavy atom. The molecule has 0 radical (unpaired) electrons. The van der Waals surface area contributed by atoms with Gasteiger partial charge in [-0.25, -0.2) is 0 Å². The number of methoxy groups -OCH3 is 1. The van der Waals surface area contributed by atoms with E-state index < -0.39 is 11.4 Å². The molecule has 0 aromatic rings. The first-order chi connectivity index (χ1) is 13.3. The predicted octanol–water partition coefficient (Wildman–Crippen LogP) is 3.48. The van der Waals surface area contributed by atoms with Crippen molar-refractivity contribution in [3.05, 3.63) is 23.8 Å². The molecule has 0 amide bonds. The smallest absolute Gasteiger partial charge is 0.323 e. The van der Waals surface area contributed by atoms with Crippen LogP contribution in [0.25, 0.3) is 0 Å². The average molecular weight is 390 g/mol. The van der Waals surface area contributed by atoms with Gasteiger partial charge in [0.25, 0.3) is 0 Å². The van der Waals surface area contributed by atoms with Crippen molar-refractivity contribution in [3.8, 4) is 0 Å². The van der Waals surface area contributed by atoms with Gasteiger partial charge in [-0.05, 0) is 57.4 Å². The van der Waals surface area contributed by atoms with Crippen molar-refractivity contribution in [3.63, 3.8) is 0 Å². The third-order valence-corrected chi connectivity index (χ3v) is 5.79. The number of ketones is 2. The Kier molecular flexibility index (Phi) is 7.72. The molecule has 0 aliphatic heterocycles. The van der Waals surface area contributed by atoms with E-state index in [1.54, 1.807) is 0 Å². The Morgan fingerprint density at radius 3 is 2.46 bits per heavy atom. The molecule has 0 N–H and O–H groups in total. The van der Waals surface area contributed by atoms with Gasteiger partial charge in [0.1, 0.15) is 11.5 Å². The Morgan fingerprint density at radius 2 is 1.79 bits per heavy atom. The molecule has 0 aromatic carbocycles. The normalized spacial score (nSPS) is 32.5. The maximum Gasteiger partial charge on any atom is 0.323 e. The Labute approximate surface area is 166 Å². The monoisotopic (exact) mass is 390 g/mol. The third-order valence-electron chi connectivity index (χ3n) is 5.79. The highest BCUT2D eigenvalue weighted by atomic mass is 16.5. The standard InChI is InChI=1S/C22H30O6/c1-15-5-4-6-17-8-12-20(25)22(17,21(26)27-3)14-13-18(24)9-11-19(10-7-15)28-16(2)23/h5,13-14,17,19H,4,6-12H2,1-3H3/b14-13+,15-5+/t17-,19-,22-/m0/s1. The van der Waals surface area contributed by atoms with Crippen molar-refractivity contribution < 1.29 is 28.7 Å². The van der Waals surface area contributed by atoms with Gasteiger partial charge in [0.05, 0.1) is 7.11 Å². The Balaban J connectivity index is 2.31. The zero-order valence-electron chi connectivity index (χ0n) is 17.0. The molecule has 2 aliphatic carbocycles. The maximum absolute atomic E-state index is 12.7. The number of carbonyl (C=O) groups excluding carboxylic acids is 4. The first-order valence-corrected chi connectivity index (χ1v) is 9.96. The minimum absolute atomic E-state index is 0.169. The van der Waals surface area contributed by atoms with Crippen LogP contribution in [0.4, 0.5) is 0 Å². The van der Waals surface area contributed by atoms with Crippen LogP contribution < -0.4 is 0 Å². The molecule has 1 fully saturated rings. The Bertz CT molecular complexity index is 689. The lowest BCUT2D eigenvalue weighted by atomic mass is 9.74. The summed E-state index contributed by atoms with van der Waals surface area (Å²) in [5, 5.41) is 0. The van der Waals surface area contributed by atoms with Crippen LogP contribution in [0, 0.1) is 11.3 Å². The van der Waals surface area contributed by atoms with Gasteiger partial charge >= 0.3 is 11.9 Å². The highest BCUT2D eigenvalue weighted by Crippen LogP contribution is 2.45. The van der Waals surface area contributed by atoms with Gasteiger partial charge in [-0.3, -0.25) is 19.2 Å². The molecule has 2 rings (SSSR count). The number of rotatable bonds is 2. The van der Waals surface area contributed by atoms with Crippen LogP contribution >= 0.6 is 0 Å². The SMILES string of the molecule is COC(=O)[C@@]12/C=C/C(=O)CC[C@@H](OC(C)=O)CC/C(C)=C/CC[C@H]1CCC2=O. The second kappa shape index (κ2) is 9.80. The van der Waals surface area contributed by atoms with Crippen LogP contribution in [-0.2, 0) is 28.7 Å². The quantitative estimate of drug-likeness (QED) is 0.408. The van der Waals surface area contributed by atoms with E-state index >= 15 is 0 Å². The molecule has 6 nitrogen and oxygen atoms in total. The van der Waals surface area contributed by atoms with Crippen LogP contribution in [0.3, 0.4) is 0 Å². The van der Waals surface area contributed by atoms with E-state index in [0.29, 0.717) is 32.1 Å². The summed E-state index contributed by atoms with van der Waals surface area (Å²) in [4.78, 5) is 49.0. The highest BCUT2D eigenvalue weighted by Gasteiger charge is 2.54. The molecule has 0 saturated heterocycles. The lowest BCUT2D eigenvalue weighted by Crippen LogP contribution is -2.40. The molecular formula is C22H30O6. The van der Waals surface area contributed by atoms with Gasteiger partial charge in [0.2, 0.25) is 0 Å². The number of esters is 2. The number of allylic oxidation sites excluding steroid dienone is 3. The fourth-order valence-electron chi connectivity index (χ4n) is 4.22. The first-order valence-electron chi connectivity index (χ1n) is 9.96. The number of Topliss-reactive ketones (excluding diaryl/α,β-unsaturated/α-hetero) is 1. The lowest BCUT2D eigenvalue weighted by Gasteiger charge is -2.28. The van der Waals surface area contributed by atoms with Crippen molar-refractivity contribution in [2.24, 2.45) is 11.3 Å². The van der Waals surface area contributed by atoms with Crippen molar-refractivity contribution >= 4 is 23.5 Å². The van der Waals surface area contributed by atoms with Crippen LogP contribution in [0.15, 0.2) is 23.8 Å². The van der Waals surface area contributed by atoms with Crippen LogP contribution in [-0.4, -0.2) is 36.7 Å². The van der Waals surface area contributed by atoms with E-state index in [9.17, 15) is 19.2 Å². The number of fused-ring (bicyclic) bond motifs is 1. The molecule has 0 unspecified atom stereocenters. The predicted molar refractivity (Wildman–Crippen MR) is 103 cm³/mol. The zero-order chi connectivity index (χ0) is 20.7. The molecule has 1 saturated carbocycles. The number of ether oxygens (including phenoxy) is 2. The largest absolute Gasteiger partial charge is 0.468 e. The minimum Gasteiger partial charge on any atom is -0.468 e. The fourth-order valence-corrected chi connectivity index (χ4v) is 4.22. The molecule has 0 heterocycles. The third kappa shape index (κ3) is 5.18. The summed E-state index contributed by atoms with van der Waals surface area (Å²) in [5.74, 6) is -1.49. The highest BCUT2D eigenvalue weighted by molar-refractivity contribution is 6.08. The van der Waals surface area contributed by atoms with E-state index in [-0.39, 0.29) is 36.0 Å². The van der Waals surface area contributed by atoms with E-state index in [0.717, 1.165) is 12.8 Å². The minimum atomic E-state index is -1.37. The number of carbonyl (C=O) groups is 4. The molecule has 3 atom stereocenters. The van der Waals surface area contributed by atoms with E-state index in [4.69, 9.17) is 9.47 Å². The van der Waals surface area contributed by atoms with Gasteiger partial charge in [0.15, 0.2) is 11.6 Å². The van der Waals surface area contributed by atoms with Crippen LogP contribution in [0.1, 0.15) is 65.2 Å². The summed E-state index contributed by atoms with van der Waals surface area (Å²) in [5.41, 5.74) is -0.199. The second-order valence-electron chi connectivity index (χ2n) is 7.76. The molecular weight excluding hydrogens is 360 g/mol. The summed E-state index contributed by atoms with van der Waals surface area (Å²) in [6.45, 7) is 3.39. The van der Waals surface area contributed by atoms with Crippen molar-refractivity contribution in [2.75, 3.05) is 7.11 Å². The van der Waals surface area contributed by atoms with Crippen LogP contribution in [0.5, 0.6) is 0 Å². The van der Waals surface area contributed by atoms with Gasteiger partial charge in [-0.15, -0.1) is 0 Å².